The van der Waals surface area contributed by atoms with Crippen LogP contribution in [0.15, 0.2) is 32.3 Å². The van der Waals surface area contributed by atoms with Crippen LogP contribution in [0.5, 0.6) is 5.75 Å². The van der Waals surface area contributed by atoms with Gasteiger partial charge in [-0.2, -0.15) is 0 Å². The summed E-state index contributed by atoms with van der Waals surface area (Å²) in [6.45, 7) is 0. The van der Waals surface area contributed by atoms with Crippen LogP contribution < -0.4 is 21.8 Å². The summed E-state index contributed by atoms with van der Waals surface area (Å²) in [6, 6.07) is 4.51. The number of nitrogens with one attached hydrogen (secondary N) is 3. The van der Waals surface area contributed by atoms with Crippen molar-refractivity contribution in [2.75, 3.05) is 12.4 Å². The smallest absolute Gasteiger partial charge is 0.290 e. The van der Waals surface area contributed by atoms with Crippen molar-refractivity contribution in [2.45, 2.75) is 38.1 Å². The number of carbonyl (C=O) groups is 1. The van der Waals surface area contributed by atoms with E-state index in [0.717, 1.165) is 32.1 Å². The monoisotopic (exact) mass is 436 g/mol. The van der Waals surface area contributed by atoms with Crippen molar-refractivity contribution in [3.05, 3.63) is 48.9 Å². The van der Waals surface area contributed by atoms with Gasteiger partial charge < -0.3 is 15.7 Å². The van der Waals surface area contributed by atoms with Crippen molar-refractivity contribution in [1.82, 2.24) is 15.1 Å². The first-order valence-corrected chi connectivity index (χ1v) is 9.58. The van der Waals surface area contributed by atoms with E-state index in [-0.39, 0.29) is 33.2 Å². The molecule has 0 aliphatic heterocycles. The second-order valence-corrected chi connectivity index (χ2v) is 7.30. The second kappa shape index (κ2) is 7.99. The Labute approximate surface area is 163 Å². The van der Waals surface area contributed by atoms with Crippen LogP contribution in [0.3, 0.4) is 0 Å². The van der Waals surface area contributed by atoms with Crippen LogP contribution in [0.1, 0.15) is 48.5 Å². The van der Waals surface area contributed by atoms with Gasteiger partial charge in [-0.05, 0) is 40.9 Å². The maximum atomic E-state index is 13.0. The van der Waals surface area contributed by atoms with E-state index in [4.69, 9.17) is 0 Å². The first-order chi connectivity index (χ1) is 12.9. The van der Waals surface area contributed by atoms with Gasteiger partial charge in [-0.15, -0.1) is 0 Å². The summed E-state index contributed by atoms with van der Waals surface area (Å²) < 4.78 is 1.41. The van der Waals surface area contributed by atoms with Crippen LogP contribution in [0.2, 0.25) is 0 Å². The third-order valence-electron chi connectivity index (χ3n) is 4.78. The second-order valence-electron chi connectivity index (χ2n) is 6.50. The Balaban J connectivity index is 2.05. The van der Waals surface area contributed by atoms with E-state index in [1.165, 1.54) is 23.9 Å². The van der Waals surface area contributed by atoms with Crippen molar-refractivity contribution in [2.24, 2.45) is 0 Å². The molecule has 0 bridgehead atoms. The molecular formula is C18H21BrN4O4. The molecule has 0 unspecified atom stereocenters. The number of phenols is 1. The zero-order valence-electron chi connectivity index (χ0n) is 14.8. The molecule has 0 spiro atoms. The molecule has 1 aromatic heterocycles. The molecule has 27 heavy (non-hydrogen) atoms. The van der Waals surface area contributed by atoms with E-state index in [2.05, 4.69) is 31.7 Å². The number of para-hydroxylation sites is 1. The molecule has 0 saturated heterocycles. The predicted octanol–water partition coefficient (Wildman–Crippen LogP) is 2.61. The minimum Gasteiger partial charge on any atom is -0.505 e. The zero-order chi connectivity index (χ0) is 19.6. The van der Waals surface area contributed by atoms with E-state index in [1.807, 2.05) is 0 Å². The Hall–Kier alpha value is -2.55. The van der Waals surface area contributed by atoms with Gasteiger partial charge in [0.2, 0.25) is 0 Å². The molecule has 4 N–H and O–H groups in total. The number of amides is 1. The quantitative estimate of drug-likeness (QED) is 0.549. The molecule has 1 aliphatic rings. The summed E-state index contributed by atoms with van der Waals surface area (Å²) >= 11 is 3.15. The van der Waals surface area contributed by atoms with Crippen molar-refractivity contribution in [1.29, 1.82) is 0 Å². The number of benzene rings is 1. The van der Waals surface area contributed by atoms with Gasteiger partial charge in [-0.1, -0.05) is 25.3 Å². The average molecular weight is 437 g/mol. The molecule has 0 radical (unpaired) electrons. The Morgan fingerprint density at radius 1 is 1.26 bits per heavy atom. The molecular weight excluding hydrogens is 416 g/mol. The minimum absolute atomic E-state index is 0.0219. The maximum absolute atomic E-state index is 13.0. The summed E-state index contributed by atoms with van der Waals surface area (Å²) in [4.78, 5) is 37.2. The van der Waals surface area contributed by atoms with Gasteiger partial charge >= 0.3 is 0 Å². The molecule has 1 aromatic carbocycles. The molecule has 2 aromatic rings. The lowest BCUT2D eigenvalue weighted by atomic mass is 9.96. The highest BCUT2D eigenvalue weighted by molar-refractivity contribution is 9.10. The first-order valence-electron chi connectivity index (χ1n) is 8.79. The number of nitrogens with zero attached hydrogens (tertiary/aromatic N) is 1. The molecule has 1 fully saturated rings. The SMILES string of the molecule is CNC(=O)c1cccc(Nc2c(Br)c(=O)[nH]n(C3CCCCC3)c2=O)c1O. The number of carbonyl (C=O) groups excluding carboxylic acids is 1. The molecule has 144 valence electrons. The molecule has 1 aliphatic carbocycles. The van der Waals surface area contributed by atoms with Crippen LogP contribution in [0.4, 0.5) is 11.4 Å². The summed E-state index contributed by atoms with van der Waals surface area (Å²) in [5, 5.41) is 18.3. The number of hydrogen-bond donors (Lipinski definition) is 4. The van der Waals surface area contributed by atoms with E-state index in [0.29, 0.717) is 0 Å². The number of hydrogen-bond acceptors (Lipinski definition) is 5. The van der Waals surface area contributed by atoms with Gasteiger partial charge in [-0.3, -0.25) is 19.5 Å². The van der Waals surface area contributed by atoms with Crippen LogP contribution >= 0.6 is 15.9 Å². The Bertz CT molecular complexity index is 976. The van der Waals surface area contributed by atoms with Crippen molar-refractivity contribution in [3.8, 4) is 5.75 Å². The van der Waals surface area contributed by atoms with Gasteiger partial charge in [-0.25, -0.2) is 4.68 Å². The lowest BCUT2D eigenvalue weighted by molar-refractivity contribution is 0.0960. The van der Waals surface area contributed by atoms with Crippen LogP contribution in [0.25, 0.3) is 0 Å². The Kier molecular flexibility index (Phi) is 5.69. The van der Waals surface area contributed by atoms with Gasteiger partial charge in [0.05, 0.1) is 17.3 Å². The summed E-state index contributed by atoms with van der Waals surface area (Å²) in [7, 11) is 1.46. The number of phenolic OH excluding ortho intramolecular Hbond substituents is 1. The number of aromatic hydroxyl groups is 1. The molecule has 1 amide bonds. The highest BCUT2D eigenvalue weighted by Gasteiger charge is 2.22. The molecule has 8 nitrogen and oxygen atoms in total. The first kappa shape index (κ1) is 19.2. The molecule has 1 heterocycles. The lowest BCUT2D eigenvalue weighted by Crippen LogP contribution is -2.35. The fraction of sp³-hybridized carbons (Fsp3) is 0.389. The summed E-state index contributed by atoms with van der Waals surface area (Å²) in [5.74, 6) is -0.756. The summed E-state index contributed by atoms with van der Waals surface area (Å²) in [5.41, 5.74) is -0.581. The third kappa shape index (κ3) is 3.78. The minimum atomic E-state index is -0.458. The number of rotatable bonds is 4. The molecule has 1 saturated carbocycles. The van der Waals surface area contributed by atoms with Gasteiger partial charge in [0, 0.05) is 7.05 Å². The molecule has 0 atom stereocenters. The van der Waals surface area contributed by atoms with Crippen molar-refractivity contribution >= 4 is 33.2 Å². The van der Waals surface area contributed by atoms with Crippen LogP contribution in [-0.4, -0.2) is 27.8 Å². The molecule has 3 rings (SSSR count). The van der Waals surface area contributed by atoms with E-state index in [1.54, 1.807) is 6.07 Å². The Morgan fingerprint density at radius 3 is 2.63 bits per heavy atom. The topological polar surface area (TPSA) is 116 Å². The predicted molar refractivity (Wildman–Crippen MR) is 106 cm³/mol. The van der Waals surface area contributed by atoms with E-state index < -0.39 is 17.0 Å². The number of aromatic amines is 1. The molecule has 9 heteroatoms. The van der Waals surface area contributed by atoms with E-state index >= 15 is 0 Å². The summed E-state index contributed by atoms with van der Waals surface area (Å²) in [6.07, 6.45) is 4.79. The number of anilines is 2. The number of H-pyrrole nitrogens is 1. The zero-order valence-corrected chi connectivity index (χ0v) is 16.4. The number of halogens is 1. The maximum Gasteiger partial charge on any atom is 0.290 e. The highest BCUT2D eigenvalue weighted by atomic mass is 79.9. The van der Waals surface area contributed by atoms with Gasteiger partial charge in [0.15, 0.2) is 5.75 Å². The lowest BCUT2D eigenvalue weighted by Gasteiger charge is -2.24. The fourth-order valence-corrected chi connectivity index (χ4v) is 3.70. The standard InChI is InChI=1S/C18H21BrN4O4/c1-20-16(25)11-8-5-9-12(15(11)24)21-14-13(19)17(26)22-23(18(14)27)10-6-3-2-4-7-10/h5,8-10,21,24H,2-4,6-7H2,1H3,(H,20,25)(H,22,26). The van der Waals surface area contributed by atoms with Gasteiger partial charge in [0.25, 0.3) is 17.0 Å². The highest BCUT2D eigenvalue weighted by Crippen LogP contribution is 2.31. The fourth-order valence-electron chi connectivity index (χ4n) is 3.34. The van der Waals surface area contributed by atoms with Crippen LogP contribution in [-0.2, 0) is 0 Å². The third-order valence-corrected chi connectivity index (χ3v) is 5.54. The normalized spacial score (nSPS) is 14.7. The van der Waals surface area contributed by atoms with Crippen molar-refractivity contribution in [3.63, 3.8) is 0 Å². The van der Waals surface area contributed by atoms with E-state index in [9.17, 15) is 19.5 Å². The van der Waals surface area contributed by atoms with Crippen LogP contribution in [0, 0.1) is 0 Å². The Morgan fingerprint density at radius 2 is 1.96 bits per heavy atom. The number of aromatic nitrogens is 2. The van der Waals surface area contributed by atoms with Crippen molar-refractivity contribution < 1.29 is 9.90 Å². The van der Waals surface area contributed by atoms with Gasteiger partial charge in [0.1, 0.15) is 10.2 Å². The average Bonchev–Trinajstić information content (AvgIpc) is 2.69. The largest absolute Gasteiger partial charge is 0.505 e.